The topological polar surface area (TPSA) is 24.9 Å². The highest BCUT2D eigenvalue weighted by molar-refractivity contribution is 5.39. The molecular weight excluding hydrogens is 288 g/mol. The van der Waals surface area contributed by atoms with Gasteiger partial charge in [0.2, 0.25) is 0 Å². The van der Waals surface area contributed by atoms with Gasteiger partial charge in [-0.3, -0.25) is 9.80 Å². The van der Waals surface area contributed by atoms with E-state index in [1.54, 1.807) is 7.11 Å². The van der Waals surface area contributed by atoms with Crippen LogP contribution in [-0.2, 0) is 0 Å². The van der Waals surface area contributed by atoms with Gasteiger partial charge in [-0.15, -0.1) is 0 Å². The number of hydrogen-bond acceptors (Lipinski definition) is 4. The van der Waals surface area contributed by atoms with Gasteiger partial charge >= 0.3 is 0 Å². The van der Waals surface area contributed by atoms with Crippen LogP contribution in [0.3, 0.4) is 0 Å². The van der Waals surface area contributed by atoms with E-state index in [0.29, 0.717) is 0 Å². The molecule has 1 unspecified atom stereocenters. The van der Waals surface area contributed by atoms with Crippen molar-refractivity contribution in [3.8, 4) is 11.5 Å². The molecule has 2 aliphatic heterocycles. The van der Waals surface area contributed by atoms with E-state index >= 15 is 0 Å². The number of methoxy groups -OCH3 is 1. The minimum absolute atomic E-state index is 0.129. The van der Waals surface area contributed by atoms with Crippen molar-refractivity contribution in [3.05, 3.63) is 24.3 Å². The maximum Gasteiger partial charge on any atom is 0.165 e. The number of piperidine rings is 2. The van der Waals surface area contributed by atoms with Crippen LogP contribution in [0.25, 0.3) is 0 Å². The molecule has 0 spiro atoms. The predicted molar refractivity (Wildman–Crippen MR) is 93.1 cm³/mol. The second-order valence-corrected chi connectivity index (χ2v) is 6.68. The van der Waals surface area contributed by atoms with Crippen molar-refractivity contribution >= 4 is 0 Å². The number of benzene rings is 1. The second kappa shape index (κ2) is 8.55. The van der Waals surface area contributed by atoms with Gasteiger partial charge in [-0.05, 0) is 50.9 Å². The molecule has 128 valence electrons. The first-order valence-corrected chi connectivity index (χ1v) is 9.13. The molecule has 2 saturated heterocycles. The Morgan fingerprint density at radius 1 is 0.870 bits per heavy atom. The molecule has 0 amide bonds. The number of para-hydroxylation sites is 2. The van der Waals surface area contributed by atoms with Crippen molar-refractivity contribution in [2.75, 3.05) is 39.8 Å². The summed E-state index contributed by atoms with van der Waals surface area (Å²) in [7, 11) is 1.71. The molecule has 0 radical (unpaired) electrons. The number of ether oxygens (including phenoxy) is 2. The Hall–Kier alpha value is -1.26. The van der Waals surface area contributed by atoms with Crippen molar-refractivity contribution < 1.29 is 9.47 Å². The average Bonchev–Trinajstić information content (AvgIpc) is 2.63. The Morgan fingerprint density at radius 2 is 1.48 bits per heavy atom. The Bertz CT molecular complexity index is 468. The summed E-state index contributed by atoms with van der Waals surface area (Å²) >= 11 is 0. The summed E-state index contributed by atoms with van der Waals surface area (Å²) in [4.78, 5) is 5.09. The highest BCUT2D eigenvalue weighted by Crippen LogP contribution is 2.28. The first-order valence-electron chi connectivity index (χ1n) is 9.13. The summed E-state index contributed by atoms with van der Waals surface area (Å²) in [6, 6.07) is 8.01. The molecule has 0 aromatic heterocycles. The summed E-state index contributed by atoms with van der Waals surface area (Å²) in [5.74, 6) is 1.69. The Morgan fingerprint density at radius 3 is 2.13 bits per heavy atom. The molecule has 2 fully saturated rings. The van der Waals surface area contributed by atoms with Crippen LogP contribution in [0.1, 0.15) is 38.5 Å². The van der Waals surface area contributed by atoms with E-state index in [2.05, 4.69) is 9.80 Å². The second-order valence-electron chi connectivity index (χ2n) is 6.68. The summed E-state index contributed by atoms with van der Waals surface area (Å²) in [6.07, 6.45) is 8.06. The van der Waals surface area contributed by atoms with Gasteiger partial charge in [-0.2, -0.15) is 0 Å². The van der Waals surface area contributed by atoms with Crippen LogP contribution in [0.2, 0.25) is 0 Å². The lowest BCUT2D eigenvalue weighted by Gasteiger charge is -2.38. The molecule has 2 heterocycles. The van der Waals surface area contributed by atoms with E-state index < -0.39 is 0 Å². The first kappa shape index (κ1) is 16.6. The predicted octanol–water partition coefficient (Wildman–Crippen LogP) is 3.37. The maximum absolute atomic E-state index is 6.44. The van der Waals surface area contributed by atoms with Gasteiger partial charge in [0.1, 0.15) is 0 Å². The minimum atomic E-state index is 0.129. The molecule has 0 aliphatic carbocycles. The van der Waals surface area contributed by atoms with Gasteiger partial charge in [0.15, 0.2) is 17.7 Å². The van der Waals surface area contributed by atoms with E-state index in [0.717, 1.165) is 31.1 Å². The lowest BCUT2D eigenvalue weighted by molar-refractivity contribution is -0.0166. The van der Waals surface area contributed by atoms with Crippen LogP contribution in [0.5, 0.6) is 11.5 Å². The van der Waals surface area contributed by atoms with Crippen LogP contribution in [0.4, 0.5) is 0 Å². The molecule has 1 aromatic carbocycles. The molecular formula is C19H30N2O2. The van der Waals surface area contributed by atoms with E-state index in [4.69, 9.17) is 9.47 Å². The minimum Gasteiger partial charge on any atom is -0.493 e. The third-order valence-electron chi connectivity index (χ3n) is 4.99. The SMILES string of the molecule is COc1ccccc1OC(CN1CCCCC1)N1CCCCC1. The zero-order valence-electron chi connectivity index (χ0n) is 14.4. The molecule has 3 rings (SSSR count). The zero-order valence-corrected chi connectivity index (χ0v) is 14.4. The van der Waals surface area contributed by atoms with Gasteiger partial charge in [-0.25, -0.2) is 0 Å². The largest absolute Gasteiger partial charge is 0.493 e. The van der Waals surface area contributed by atoms with Crippen LogP contribution >= 0.6 is 0 Å². The highest BCUT2D eigenvalue weighted by Gasteiger charge is 2.26. The Kier molecular flexibility index (Phi) is 6.17. The van der Waals surface area contributed by atoms with E-state index in [1.165, 1.54) is 51.6 Å². The molecule has 0 N–H and O–H groups in total. The summed E-state index contributed by atoms with van der Waals surface area (Å²) in [6.45, 7) is 5.71. The number of nitrogens with zero attached hydrogens (tertiary/aromatic N) is 2. The van der Waals surface area contributed by atoms with Gasteiger partial charge in [-0.1, -0.05) is 25.0 Å². The molecule has 0 bridgehead atoms. The lowest BCUT2D eigenvalue weighted by atomic mass is 10.1. The molecule has 4 nitrogen and oxygen atoms in total. The fourth-order valence-corrected chi connectivity index (χ4v) is 3.66. The average molecular weight is 318 g/mol. The van der Waals surface area contributed by atoms with Gasteiger partial charge in [0, 0.05) is 19.6 Å². The fraction of sp³-hybridized carbons (Fsp3) is 0.684. The molecule has 1 aromatic rings. The molecule has 4 heteroatoms. The van der Waals surface area contributed by atoms with Crippen LogP contribution in [-0.4, -0.2) is 55.9 Å². The quantitative estimate of drug-likeness (QED) is 0.803. The van der Waals surface area contributed by atoms with Crippen molar-refractivity contribution in [2.45, 2.75) is 44.8 Å². The lowest BCUT2D eigenvalue weighted by Crippen LogP contribution is -2.50. The molecule has 1 atom stereocenters. The van der Waals surface area contributed by atoms with E-state index in [9.17, 15) is 0 Å². The smallest absolute Gasteiger partial charge is 0.165 e. The summed E-state index contributed by atoms with van der Waals surface area (Å²) < 4.78 is 11.9. The molecule has 2 aliphatic rings. The van der Waals surface area contributed by atoms with Gasteiger partial charge in [0.25, 0.3) is 0 Å². The standard InChI is InChI=1S/C19H30N2O2/c1-22-17-10-4-5-11-18(17)23-19(21-14-8-3-9-15-21)16-20-12-6-2-7-13-20/h4-5,10-11,19H,2-3,6-9,12-16H2,1H3. The number of likely N-dealkylation sites (tertiary alicyclic amines) is 2. The maximum atomic E-state index is 6.44. The van der Waals surface area contributed by atoms with Gasteiger partial charge in [0.05, 0.1) is 7.11 Å². The van der Waals surface area contributed by atoms with E-state index in [1.807, 2.05) is 24.3 Å². The van der Waals surface area contributed by atoms with Crippen molar-refractivity contribution in [3.63, 3.8) is 0 Å². The highest BCUT2D eigenvalue weighted by atomic mass is 16.5. The first-order chi connectivity index (χ1) is 11.4. The normalized spacial score (nSPS) is 21.8. The summed E-state index contributed by atoms with van der Waals surface area (Å²) in [5, 5.41) is 0. The van der Waals surface area contributed by atoms with Crippen LogP contribution in [0, 0.1) is 0 Å². The van der Waals surface area contributed by atoms with Crippen molar-refractivity contribution in [1.82, 2.24) is 9.80 Å². The zero-order chi connectivity index (χ0) is 15.9. The molecule has 23 heavy (non-hydrogen) atoms. The fourth-order valence-electron chi connectivity index (χ4n) is 3.66. The van der Waals surface area contributed by atoms with Crippen LogP contribution in [0.15, 0.2) is 24.3 Å². The van der Waals surface area contributed by atoms with E-state index in [-0.39, 0.29) is 6.23 Å². The Balaban J connectivity index is 1.70. The van der Waals surface area contributed by atoms with Crippen LogP contribution < -0.4 is 9.47 Å². The molecule has 0 saturated carbocycles. The van der Waals surface area contributed by atoms with Gasteiger partial charge < -0.3 is 9.47 Å². The number of hydrogen-bond donors (Lipinski definition) is 0. The van der Waals surface area contributed by atoms with Crippen molar-refractivity contribution in [2.24, 2.45) is 0 Å². The Labute approximate surface area is 140 Å². The summed E-state index contributed by atoms with van der Waals surface area (Å²) in [5.41, 5.74) is 0. The third kappa shape index (κ3) is 4.61. The van der Waals surface area contributed by atoms with Crippen molar-refractivity contribution in [1.29, 1.82) is 0 Å². The number of rotatable bonds is 6. The monoisotopic (exact) mass is 318 g/mol. The third-order valence-corrected chi connectivity index (χ3v) is 4.99.